The van der Waals surface area contributed by atoms with Gasteiger partial charge >= 0.3 is 0 Å². The minimum Gasteiger partial charge on any atom is -0.477 e. The summed E-state index contributed by atoms with van der Waals surface area (Å²) in [5, 5.41) is 19.9. The average Bonchev–Trinajstić information content (AvgIpc) is 3.68. The van der Waals surface area contributed by atoms with Crippen LogP contribution in [0.25, 0.3) is 22.3 Å². The molecule has 9 rings (SSSR count). The molecule has 300 valence electrons. The van der Waals surface area contributed by atoms with Crippen molar-refractivity contribution in [3.8, 4) is 17.1 Å². The second-order valence-electron chi connectivity index (χ2n) is 15.7. The Hall–Kier alpha value is -6.16. The van der Waals surface area contributed by atoms with Gasteiger partial charge in [0.1, 0.15) is 11.6 Å². The highest BCUT2D eigenvalue weighted by Gasteiger charge is 2.34. The number of amides is 3. The zero-order valence-corrected chi connectivity index (χ0v) is 32.2. The third-order valence-electron chi connectivity index (χ3n) is 11.5. The van der Waals surface area contributed by atoms with Crippen LogP contribution in [0.2, 0.25) is 0 Å². The summed E-state index contributed by atoms with van der Waals surface area (Å²) in [6.07, 6.45) is 6.62. The van der Waals surface area contributed by atoms with Gasteiger partial charge in [-0.2, -0.15) is 5.10 Å². The topological polar surface area (TPSA) is 169 Å². The van der Waals surface area contributed by atoms with E-state index in [9.17, 15) is 23.2 Å². The molecule has 1 unspecified atom stereocenters. The number of allylic oxidation sites excluding steroid dienone is 2. The molecule has 0 radical (unpaired) electrons. The third-order valence-corrected chi connectivity index (χ3v) is 11.5. The first-order valence-electron chi connectivity index (χ1n) is 19.8. The molecule has 2 aliphatic heterocycles. The number of nitrogens with zero attached hydrogens (tertiary/aromatic N) is 5. The Labute approximate surface area is 332 Å². The van der Waals surface area contributed by atoms with Crippen LogP contribution < -0.4 is 31.3 Å². The van der Waals surface area contributed by atoms with Crippen LogP contribution in [0.4, 0.5) is 26.1 Å². The highest BCUT2D eigenvalue weighted by Crippen LogP contribution is 2.38. The second kappa shape index (κ2) is 15.3. The van der Waals surface area contributed by atoms with Crippen LogP contribution in [0.1, 0.15) is 59.6 Å². The molecule has 3 amide bonds. The normalized spacial score (nSPS) is 21.5. The molecule has 58 heavy (non-hydrogen) atoms. The molecule has 1 saturated heterocycles. The Bertz CT molecular complexity index is 2470. The lowest BCUT2D eigenvalue weighted by atomic mass is 9.80. The molecule has 1 saturated carbocycles. The molecule has 2 aromatic carbocycles. The van der Waals surface area contributed by atoms with Crippen LogP contribution in [0.3, 0.4) is 0 Å². The number of carbonyl (C=O) groups excluding carboxylic acids is 3. The van der Waals surface area contributed by atoms with E-state index < -0.39 is 29.4 Å². The van der Waals surface area contributed by atoms with E-state index in [0.717, 1.165) is 54.6 Å². The fourth-order valence-corrected chi connectivity index (χ4v) is 8.31. The Morgan fingerprint density at radius 3 is 2.60 bits per heavy atom. The molecule has 2 fully saturated rings. The maximum atomic E-state index is 15.0. The minimum atomic E-state index is -1.02. The summed E-state index contributed by atoms with van der Waals surface area (Å²) in [4.78, 5) is 46.9. The number of hydrogen-bond donors (Lipinski definition) is 5. The number of rotatable bonds is 9. The SMILES string of the molecule is Cc1cc2cc(n1)-c1cnn(C)c1OCC[C@H]1C=C1Cn1c(nc3ccc(NCCNCC4CC(Nc5cc(F)c(C6CCC(=O)NC6=O)c(F)c5)C4)cc31)NC2=O. The van der Waals surface area contributed by atoms with Crippen LogP contribution in [0.5, 0.6) is 5.88 Å². The fraction of sp³-hybridized carbons (Fsp3) is 0.381. The number of benzene rings is 2. The van der Waals surface area contributed by atoms with Gasteiger partial charge < -0.3 is 25.3 Å². The molecule has 14 nitrogen and oxygen atoms in total. The van der Waals surface area contributed by atoms with Crippen LogP contribution >= 0.6 is 0 Å². The van der Waals surface area contributed by atoms with Crippen LogP contribution in [-0.2, 0) is 23.2 Å². The molecule has 16 heteroatoms. The summed E-state index contributed by atoms with van der Waals surface area (Å²) < 4.78 is 39.9. The van der Waals surface area contributed by atoms with E-state index in [4.69, 9.17) is 9.72 Å². The van der Waals surface area contributed by atoms with E-state index in [-0.39, 0.29) is 30.4 Å². The minimum absolute atomic E-state index is 0.0501. The van der Waals surface area contributed by atoms with Gasteiger partial charge in [0.2, 0.25) is 23.6 Å². The number of nitrogens with one attached hydrogen (secondary N) is 5. The van der Waals surface area contributed by atoms with Crippen LogP contribution in [-0.4, -0.2) is 74.3 Å². The van der Waals surface area contributed by atoms with Crippen molar-refractivity contribution in [2.24, 2.45) is 18.9 Å². The number of carbonyl (C=O) groups is 3. The van der Waals surface area contributed by atoms with Gasteiger partial charge in [0.15, 0.2) is 0 Å². The van der Waals surface area contributed by atoms with Crippen LogP contribution in [0.15, 0.2) is 60.3 Å². The van der Waals surface area contributed by atoms with Crippen molar-refractivity contribution in [3.05, 3.63) is 88.8 Å². The molecular weight excluding hydrogens is 747 g/mol. The quantitative estimate of drug-likeness (QED) is 0.0739. The van der Waals surface area contributed by atoms with Gasteiger partial charge in [-0.25, -0.2) is 18.4 Å². The molecule has 2 bridgehead atoms. The molecule has 2 aliphatic carbocycles. The number of aromatic nitrogens is 5. The van der Waals surface area contributed by atoms with E-state index in [2.05, 4.69) is 53.4 Å². The lowest BCUT2D eigenvalue weighted by Crippen LogP contribution is -2.41. The summed E-state index contributed by atoms with van der Waals surface area (Å²) in [7, 11) is 1.83. The molecule has 5 N–H and O–H groups in total. The molecular formula is C42H44F2N10O4. The Balaban J connectivity index is 0.797. The van der Waals surface area contributed by atoms with Crippen LogP contribution in [0, 0.1) is 30.4 Å². The maximum absolute atomic E-state index is 15.0. The zero-order chi connectivity index (χ0) is 40.1. The first kappa shape index (κ1) is 37.4. The number of halogens is 2. The summed E-state index contributed by atoms with van der Waals surface area (Å²) in [6, 6.07) is 12.1. The first-order chi connectivity index (χ1) is 28.1. The highest BCUT2D eigenvalue weighted by atomic mass is 19.1. The number of fused-ring (bicyclic) bond motifs is 8. The smallest absolute Gasteiger partial charge is 0.258 e. The monoisotopic (exact) mass is 790 g/mol. The van der Waals surface area contributed by atoms with Crippen molar-refractivity contribution in [3.63, 3.8) is 0 Å². The van der Waals surface area contributed by atoms with Gasteiger partial charge in [-0.05, 0) is 93.1 Å². The van der Waals surface area contributed by atoms with Gasteiger partial charge in [0.05, 0.1) is 41.0 Å². The van der Waals surface area contributed by atoms with Crippen molar-refractivity contribution < 1.29 is 27.9 Å². The predicted octanol–water partition coefficient (Wildman–Crippen LogP) is 5.42. The van der Waals surface area contributed by atoms with Crippen molar-refractivity contribution in [1.82, 2.24) is 34.9 Å². The standard InChI is InChI=1S/C42H44F2N10O4/c1-22-11-25-15-35(48-22)31-20-47-53(2)41(31)58-10-7-24-14-26(24)21-54-36-18-27(3-5-34(36)50-42(54)52-39(25)56)46-9-8-45-19-23-12-28(13-23)49-29-16-32(43)38(33(44)17-29)30-4-6-37(55)51-40(30)57/h3,5,11,14-18,20,23-24,28,30,45-46,49H,4,6-10,12-13,19,21H2,1-2H3,(H,50,52,56)(H,51,55,57)/t23?,24-,28?,30?/m0/s1. The number of anilines is 3. The second-order valence-corrected chi connectivity index (χ2v) is 15.7. The maximum Gasteiger partial charge on any atom is 0.258 e. The third kappa shape index (κ3) is 7.63. The van der Waals surface area contributed by atoms with Gasteiger partial charge in [0, 0.05) is 73.3 Å². The lowest BCUT2D eigenvalue weighted by molar-refractivity contribution is -0.134. The highest BCUT2D eigenvalue weighted by molar-refractivity contribution is 6.05. The van der Waals surface area contributed by atoms with E-state index in [1.165, 1.54) is 17.7 Å². The largest absolute Gasteiger partial charge is 0.477 e. The molecule has 5 aromatic rings. The van der Waals surface area contributed by atoms with Crippen molar-refractivity contribution in [1.29, 1.82) is 0 Å². The predicted molar refractivity (Wildman–Crippen MR) is 214 cm³/mol. The number of imidazole rings is 1. The molecule has 3 aromatic heterocycles. The molecule has 4 aliphatic rings. The van der Waals surface area contributed by atoms with Gasteiger partial charge in [0.25, 0.3) is 5.91 Å². The average molecular weight is 791 g/mol. The van der Waals surface area contributed by atoms with Gasteiger partial charge in [-0.1, -0.05) is 6.08 Å². The number of hydrogen-bond acceptors (Lipinski definition) is 10. The number of piperidine rings is 1. The Kier molecular flexibility index (Phi) is 9.87. The number of pyridine rings is 1. The summed E-state index contributed by atoms with van der Waals surface area (Å²) in [5.41, 5.74) is 6.43. The van der Waals surface area contributed by atoms with Gasteiger partial charge in [-0.15, -0.1) is 0 Å². The van der Waals surface area contributed by atoms with Crippen molar-refractivity contribution in [2.75, 3.05) is 42.2 Å². The number of aryl methyl sites for hydroxylation is 2. The summed E-state index contributed by atoms with van der Waals surface area (Å²) >= 11 is 0. The van der Waals surface area contributed by atoms with E-state index in [1.807, 2.05) is 26.1 Å². The van der Waals surface area contributed by atoms with E-state index in [1.54, 1.807) is 23.0 Å². The molecule has 2 atom stereocenters. The van der Waals surface area contributed by atoms with E-state index >= 15 is 0 Å². The number of imide groups is 1. The zero-order valence-electron chi connectivity index (χ0n) is 32.2. The Morgan fingerprint density at radius 1 is 0.966 bits per heavy atom. The fourth-order valence-electron chi connectivity index (χ4n) is 8.31. The van der Waals surface area contributed by atoms with Crippen molar-refractivity contribution in [2.45, 2.75) is 57.5 Å². The van der Waals surface area contributed by atoms with Crippen molar-refractivity contribution >= 4 is 46.1 Å². The molecule has 0 spiro atoms. The first-order valence-corrected chi connectivity index (χ1v) is 19.8. The molecule has 5 heterocycles. The number of ether oxygens (including phenoxy) is 1. The summed E-state index contributed by atoms with van der Waals surface area (Å²) in [5.74, 6) is -2.17. The van der Waals surface area contributed by atoms with E-state index in [0.29, 0.717) is 66.0 Å². The summed E-state index contributed by atoms with van der Waals surface area (Å²) in [6.45, 7) is 5.19. The Morgan fingerprint density at radius 2 is 1.79 bits per heavy atom. The van der Waals surface area contributed by atoms with Gasteiger partial charge in [-0.3, -0.25) is 30.0 Å². The lowest BCUT2D eigenvalue weighted by Gasteiger charge is -2.37.